The van der Waals surface area contributed by atoms with Crippen LogP contribution in [0.4, 0.5) is 0 Å². The Morgan fingerprint density at radius 1 is 1.14 bits per heavy atom. The number of benzene rings is 2. The molecule has 0 aliphatic carbocycles. The molecule has 0 radical (unpaired) electrons. The van der Waals surface area contributed by atoms with Crippen molar-refractivity contribution in [3.05, 3.63) is 63.6 Å². The van der Waals surface area contributed by atoms with Crippen molar-refractivity contribution >= 4 is 42.6 Å². The van der Waals surface area contributed by atoms with Crippen LogP contribution in [0.2, 0.25) is 10.0 Å². The minimum Gasteiger partial charge on any atom is -0.508 e. The molecule has 22 heavy (non-hydrogen) atoms. The van der Waals surface area contributed by atoms with Crippen molar-refractivity contribution in [2.24, 2.45) is 0 Å². The molecule has 3 nitrogen and oxygen atoms in total. The first-order valence-electron chi connectivity index (χ1n) is 6.49. The summed E-state index contributed by atoms with van der Waals surface area (Å²) < 4.78 is 0. The zero-order valence-corrected chi connectivity index (χ0v) is 14.4. The van der Waals surface area contributed by atoms with E-state index in [1.807, 2.05) is 19.1 Å². The van der Waals surface area contributed by atoms with Crippen molar-refractivity contribution in [1.29, 1.82) is 0 Å². The Labute approximate surface area is 146 Å². The highest BCUT2D eigenvalue weighted by atomic mass is 35.5. The standard InChI is InChI=1S/C16H15Cl2NO2.H2S/c1-10(8-11-2-5-13(20)6-3-11)19-16(21)12-4-7-14(17)15(18)9-12;/h2-7,9-10,20H,8H2,1H3,(H,19,21);1H2/t10-;/m0./s1. The number of aromatic hydroxyl groups is 1. The van der Waals surface area contributed by atoms with Crippen LogP contribution in [-0.4, -0.2) is 17.1 Å². The predicted octanol–water partition coefficient (Wildman–Crippen LogP) is 4.17. The van der Waals surface area contributed by atoms with Gasteiger partial charge in [0.25, 0.3) is 5.91 Å². The van der Waals surface area contributed by atoms with E-state index in [1.54, 1.807) is 30.3 Å². The molecule has 2 aromatic rings. The van der Waals surface area contributed by atoms with Gasteiger partial charge in [-0.25, -0.2) is 0 Å². The number of carbonyl (C=O) groups is 1. The number of nitrogens with one attached hydrogen (secondary N) is 1. The molecule has 1 amide bonds. The Morgan fingerprint density at radius 3 is 2.36 bits per heavy atom. The zero-order chi connectivity index (χ0) is 15.4. The van der Waals surface area contributed by atoms with Gasteiger partial charge >= 0.3 is 0 Å². The molecule has 2 rings (SSSR count). The number of carbonyl (C=O) groups excluding carboxylic acids is 1. The van der Waals surface area contributed by atoms with E-state index in [1.165, 1.54) is 0 Å². The molecule has 6 heteroatoms. The minimum absolute atomic E-state index is 0. The molecule has 0 unspecified atom stereocenters. The molecule has 0 saturated heterocycles. The minimum atomic E-state index is -0.195. The molecule has 0 aromatic heterocycles. The second-order valence-corrected chi connectivity index (χ2v) is 5.69. The first-order valence-corrected chi connectivity index (χ1v) is 7.25. The molecule has 0 aliphatic heterocycles. The maximum absolute atomic E-state index is 12.1. The van der Waals surface area contributed by atoms with Gasteiger partial charge in [-0.1, -0.05) is 35.3 Å². The van der Waals surface area contributed by atoms with E-state index in [9.17, 15) is 9.90 Å². The third kappa shape index (κ3) is 5.13. The Kier molecular flexibility index (Phi) is 7.07. The average Bonchev–Trinajstić information content (AvgIpc) is 2.44. The highest BCUT2D eigenvalue weighted by molar-refractivity contribution is 7.59. The van der Waals surface area contributed by atoms with Crippen LogP contribution in [0, 0.1) is 0 Å². The van der Waals surface area contributed by atoms with Gasteiger partial charge in [0.2, 0.25) is 0 Å². The molecule has 0 spiro atoms. The second-order valence-electron chi connectivity index (χ2n) is 4.87. The summed E-state index contributed by atoms with van der Waals surface area (Å²) in [5.74, 6) is 0.0334. The lowest BCUT2D eigenvalue weighted by molar-refractivity contribution is 0.0940. The van der Waals surface area contributed by atoms with E-state index in [0.717, 1.165) is 5.56 Å². The van der Waals surface area contributed by atoms with Crippen LogP contribution in [0.1, 0.15) is 22.8 Å². The summed E-state index contributed by atoms with van der Waals surface area (Å²) in [6.07, 6.45) is 0.674. The molecule has 0 saturated carbocycles. The highest BCUT2D eigenvalue weighted by Gasteiger charge is 2.11. The fraction of sp³-hybridized carbons (Fsp3) is 0.188. The maximum Gasteiger partial charge on any atom is 0.251 e. The molecule has 0 aliphatic rings. The van der Waals surface area contributed by atoms with Crippen LogP contribution in [-0.2, 0) is 6.42 Å². The summed E-state index contributed by atoms with van der Waals surface area (Å²) in [6, 6.07) is 11.7. The van der Waals surface area contributed by atoms with Crippen molar-refractivity contribution in [1.82, 2.24) is 5.32 Å². The number of halogens is 2. The SMILES string of the molecule is C[C@@H](Cc1ccc(O)cc1)NC(=O)c1ccc(Cl)c(Cl)c1.S. The molecule has 1 atom stereocenters. The highest BCUT2D eigenvalue weighted by Crippen LogP contribution is 2.22. The van der Waals surface area contributed by atoms with Crippen molar-refractivity contribution < 1.29 is 9.90 Å². The monoisotopic (exact) mass is 357 g/mol. The molecule has 2 N–H and O–H groups in total. The van der Waals surface area contributed by atoms with E-state index in [-0.39, 0.29) is 31.2 Å². The Balaban J connectivity index is 0.00000242. The van der Waals surface area contributed by atoms with Crippen LogP contribution in [0.5, 0.6) is 5.75 Å². The molecule has 0 heterocycles. The number of phenolic OH excluding ortho intramolecular Hbond substituents is 1. The van der Waals surface area contributed by atoms with Crippen molar-refractivity contribution in [3.63, 3.8) is 0 Å². The average molecular weight is 358 g/mol. The van der Waals surface area contributed by atoms with Crippen molar-refractivity contribution in [2.45, 2.75) is 19.4 Å². The molecule has 118 valence electrons. The molecule has 0 bridgehead atoms. The first-order chi connectivity index (χ1) is 9.95. The van der Waals surface area contributed by atoms with Crippen LogP contribution in [0.15, 0.2) is 42.5 Å². The topological polar surface area (TPSA) is 49.3 Å². The third-order valence-corrected chi connectivity index (χ3v) is 3.78. The predicted molar refractivity (Wildman–Crippen MR) is 95.6 cm³/mol. The zero-order valence-electron chi connectivity index (χ0n) is 11.9. The van der Waals surface area contributed by atoms with Gasteiger partial charge in [-0.2, -0.15) is 13.5 Å². The maximum atomic E-state index is 12.1. The van der Waals surface area contributed by atoms with Gasteiger partial charge in [0, 0.05) is 11.6 Å². The van der Waals surface area contributed by atoms with Crippen molar-refractivity contribution in [2.75, 3.05) is 0 Å². The van der Waals surface area contributed by atoms with Crippen molar-refractivity contribution in [3.8, 4) is 5.75 Å². The fourth-order valence-corrected chi connectivity index (χ4v) is 2.28. The van der Waals surface area contributed by atoms with Gasteiger partial charge in [0.15, 0.2) is 0 Å². The lowest BCUT2D eigenvalue weighted by Crippen LogP contribution is -2.34. The third-order valence-electron chi connectivity index (χ3n) is 3.04. The quantitative estimate of drug-likeness (QED) is 0.862. The van der Waals surface area contributed by atoms with E-state index >= 15 is 0 Å². The molecule has 2 aromatic carbocycles. The Morgan fingerprint density at radius 2 is 1.77 bits per heavy atom. The van der Waals surface area contributed by atoms with Gasteiger partial charge in [-0.3, -0.25) is 4.79 Å². The number of phenols is 1. The summed E-state index contributed by atoms with van der Waals surface area (Å²) in [4.78, 5) is 12.1. The first kappa shape index (κ1) is 18.7. The number of hydrogen-bond donors (Lipinski definition) is 2. The van der Waals surface area contributed by atoms with Crippen LogP contribution < -0.4 is 5.32 Å². The number of rotatable bonds is 4. The van der Waals surface area contributed by atoms with E-state index in [2.05, 4.69) is 5.32 Å². The largest absolute Gasteiger partial charge is 0.508 e. The van der Waals surface area contributed by atoms with Crippen LogP contribution in [0.25, 0.3) is 0 Å². The van der Waals surface area contributed by atoms with E-state index in [4.69, 9.17) is 23.2 Å². The summed E-state index contributed by atoms with van der Waals surface area (Å²) in [6.45, 7) is 1.92. The summed E-state index contributed by atoms with van der Waals surface area (Å²) in [5, 5.41) is 12.9. The van der Waals surface area contributed by atoms with Crippen LogP contribution in [0.3, 0.4) is 0 Å². The van der Waals surface area contributed by atoms with Gasteiger partial charge < -0.3 is 10.4 Å². The fourth-order valence-electron chi connectivity index (χ4n) is 1.98. The van der Waals surface area contributed by atoms with Gasteiger partial charge in [0.1, 0.15) is 5.75 Å². The molecular formula is C16H17Cl2NO2S. The smallest absolute Gasteiger partial charge is 0.251 e. The van der Waals surface area contributed by atoms with Gasteiger partial charge in [-0.15, -0.1) is 0 Å². The summed E-state index contributed by atoms with van der Waals surface area (Å²) in [7, 11) is 0. The van der Waals surface area contributed by atoms with Gasteiger partial charge in [0.05, 0.1) is 10.0 Å². The molecule has 0 fully saturated rings. The Hall–Kier alpha value is -1.36. The second kappa shape index (κ2) is 8.32. The normalized spacial score (nSPS) is 11.4. The lowest BCUT2D eigenvalue weighted by atomic mass is 10.1. The summed E-state index contributed by atoms with van der Waals surface area (Å²) in [5.41, 5.74) is 1.51. The lowest BCUT2D eigenvalue weighted by Gasteiger charge is -2.14. The number of hydrogen-bond acceptors (Lipinski definition) is 2. The Bertz CT molecular complexity index is 647. The van der Waals surface area contributed by atoms with E-state index < -0.39 is 0 Å². The van der Waals surface area contributed by atoms with E-state index in [0.29, 0.717) is 22.0 Å². The van der Waals surface area contributed by atoms with Crippen LogP contribution >= 0.6 is 36.7 Å². The number of amides is 1. The summed E-state index contributed by atoms with van der Waals surface area (Å²) >= 11 is 11.7. The molecular weight excluding hydrogens is 341 g/mol. The van der Waals surface area contributed by atoms with Gasteiger partial charge in [-0.05, 0) is 49.2 Å².